The van der Waals surface area contributed by atoms with Crippen LogP contribution < -0.4 is 11.5 Å². The molecule has 0 amide bonds. The molecule has 4 N–H and O–H groups in total. The molecule has 0 saturated heterocycles. The average Bonchev–Trinajstić information content (AvgIpc) is 2.69. The highest BCUT2D eigenvalue weighted by Gasteiger charge is 2.16. The molecule has 0 aliphatic heterocycles. The van der Waals surface area contributed by atoms with E-state index in [1.807, 2.05) is 6.92 Å². The Hall–Kier alpha value is -2.21. The summed E-state index contributed by atoms with van der Waals surface area (Å²) < 4.78 is 6.86. The fraction of sp³-hybridized carbons (Fsp3) is 0.286. The Balaban J connectivity index is 2.13. The van der Waals surface area contributed by atoms with E-state index in [2.05, 4.69) is 5.10 Å². The summed E-state index contributed by atoms with van der Waals surface area (Å²) >= 11 is 6.20. The molecule has 2 aromatic rings. The number of aryl methyl sites for hydroxylation is 2. The van der Waals surface area contributed by atoms with Crippen LogP contribution in [-0.4, -0.2) is 15.7 Å². The van der Waals surface area contributed by atoms with E-state index < -0.39 is 5.97 Å². The first-order chi connectivity index (χ1) is 9.92. The largest absolute Gasteiger partial charge is 0.456 e. The number of nitrogens with zero attached hydrogens (tertiary/aromatic N) is 2. The highest BCUT2D eigenvalue weighted by molar-refractivity contribution is 6.31. The number of rotatable bonds is 4. The number of halogens is 1. The third-order valence-corrected chi connectivity index (χ3v) is 3.49. The molecule has 1 aromatic carbocycles. The molecular weight excluding hydrogens is 292 g/mol. The van der Waals surface area contributed by atoms with Gasteiger partial charge >= 0.3 is 5.97 Å². The Morgan fingerprint density at radius 1 is 1.33 bits per heavy atom. The van der Waals surface area contributed by atoms with Gasteiger partial charge in [0.2, 0.25) is 0 Å². The van der Waals surface area contributed by atoms with Crippen molar-refractivity contribution in [1.82, 2.24) is 9.78 Å². The van der Waals surface area contributed by atoms with Gasteiger partial charge in [-0.2, -0.15) is 5.10 Å². The predicted octanol–water partition coefficient (Wildman–Crippen LogP) is 2.16. The lowest BCUT2D eigenvalue weighted by molar-refractivity contribution is 0.0464. The highest BCUT2D eigenvalue weighted by Crippen LogP contribution is 2.22. The lowest BCUT2D eigenvalue weighted by Gasteiger charge is -2.07. The smallest absolute Gasteiger partial charge is 0.338 e. The van der Waals surface area contributed by atoms with Crippen molar-refractivity contribution in [3.05, 3.63) is 40.2 Å². The number of hydrogen-bond acceptors (Lipinski definition) is 5. The molecule has 0 atom stereocenters. The zero-order valence-electron chi connectivity index (χ0n) is 11.9. The summed E-state index contributed by atoms with van der Waals surface area (Å²) in [6.07, 6.45) is 0.715. The molecule has 0 unspecified atom stereocenters. The number of carbonyl (C=O) groups excluding carboxylic acids is 1. The molecule has 7 heteroatoms. The van der Waals surface area contributed by atoms with Gasteiger partial charge in [0.1, 0.15) is 6.61 Å². The van der Waals surface area contributed by atoms with Gasteiger partial charge < -0.3 is 16.2 Å². The second-order valence-corrected chi connectivity index (χ2v) is 5.03. The Bertz CT molecular complexity index is 662. The average molecular weight is 309 g/mol. The highest BCUT2D eigenvalue weighted by atomic mass is 35.5. The summed E-state index contributed by atoms with van der Waals surface area (Å²) in [6, 6.07) is 4.60. The summed E-state index contributed by atoms with van der Waals surface area (Å²) in [7, 11) is 1.76. The maximum Gasteiger partial charge on any atom is 0.338 e. The molecule has 6 nitrogen and oxygen atoms in total. The third kappa shape index (κ3) is 3.28. The fourth-order valence-electron chi connectivity index (χ4n) is 1.99. The van der Waals surface area contributed by atoms with E-state index in [4.69, 9.17) is 27.8 Å². The van der Waals surface area contributed by atoms with E-state index in [0.29, 0.717) is 34.1 Å². The normalized spacial score (nSPS) is 10.6. The van der Waals surface area contributed by atoms with Gasteiger partial charge in [-0.05, 0) is 24.6 Å². The first-order valence-electron chi connectivity index (χ1n) is 6.45. The van der Waals surface area contributed by atoms with Gasteiger partial charge in [-0.3, -0.25) is 4.68 Å². The van der Waals surface area contributed by atoms with Gasteiger partial charge in [0.25, 0.3) is 0 Å². The zero-order valence-corrected chi connectivity index (χ0v) is 12.6. The van der Waals surface area contributed by atoms with Crippen molar-refractivity contribution >= 4 is 28.9 Å². The SMILES string of the molecule is CCc1nn(C)c(COC(=O)c2cc(N)cc(N)c2)c1Cl. The first-order valence-corrected chi connectivity index (χ1v) is 6.83. The van der Waals surface area contributed by atoms with Crippen molar-refractivity contribution in [1.29, 1.82) is 0 Å². The summed E-state index contributed by atoms with van der Waals surface area (Å²) in [5, 5.41) is 4.79. The van der Waals surface area contributed by atoms with Crippen molar-refractivity contribution in [3.63, 3.8) is 0 Å². The van der Waals surface area contributed by atoms with Gasteiger partial charge in [0, 0.05) is 18.4 Å². The number of nitrogens with two attached hydrogens (primary N) is 2. The molecule has 0 saturated carbocycles. The van der Waals surface area contributed by atoms with Crippen LogP contribution in [0.25, 0.3) is 0 Å². The first kappa shape index (κ1) is 15.2. The topological polar surface area (TPSA) is 96.2 Å². The van der Waals surface area contributed by atoms with Crippen LogP contribution in [0.4, 0.5) is 11.4 Å². The standard InChI is InChI=1S/C14H17ClN4O2/c1-3-11-13(15)12(19(2)18-11)7-21-14(20)8-4-9(16)6-10(17)5-8/h4-6H,3,7,16-17H2,1-2H3. The van der Waals surface area contributed by atoms with Gasteiger partial charge in [-0.1, -0.05) is 18.5 Å². The van der Waals surface area contributed by atoms with E-state index in [1.165, 1.54) is 12.1 Å². The molecule has 1 heterocycles. The summed E-state index contributed by atoms with van der Waals surface area (Å²) in [6.45, 7) is 2.00. The Morgan fingerprint density at radius 2 is 1.95 bits per heavy atom. The number of nitrogen functional groups attached to an aromatic ring is 2. The molecule has 0 spiro atoms. The van der Waals surface area contributed by atoms with Crippen molar-refractivity contribution in [2.75, 3.05) is 11.5 Å². The quantitative estimate of drug-likeness (QED) is 0.666. The van der Waals surface area contributed by atoms with Crippen LogP contribution in [0.3, 0.4) is 0 Å². The maximum absolute atomic E-state index is 12.0. The Kier molecular flexibility index (Phi) is 4.37. The lowest BCUT2D eigenvalue weighted by Crippen LogP contribution is -2.09. The van der Waals surface area contributed by atoms with Crippen LogP contribution in [-0.2, 0) is 24.8 Å². The van der Waals surface area contributed by atoms with Crippen LogP contribution in [0.1, 0.15) is 28.7 Å². The second-order valence-electron chi connectivity index (χ2n) is 4.65. The number of hydrogen-bond donors (Lipinski definition) is 2. The Labute approximate surface area is 127 Å². The second kappa shape index (κ2) is 6.05. The number of ether oxygens (including phenoxy) is 1. The van der Waals surface area contributed by atoms with Gasteiger partial charge in [0.15, 0.2) is 0 Å². The van der Waals surface area contributed by atoms with Gasteiger partial charge in [-0.25, -0.2) is 4.79 Å². The van der Waals surface area contributed by atoms with E-state index in [0.717, 1.165) is 5.69 Å². The van der Waals surface area contributed by atoms with E-state index in [-0.39, 0.29) is 6.61 Å². The van der Waals surface area contributed by atoms with Crippen LogP contribution >= 0.6 is 11.6 Å². The molecule has 0 aliphatic rings. The van der Waals surface area contributed by atoms with Gasteiger partial charge in [-0.15, -0.1) is 0 Å². The van der Waals surface area contributed by atoms with Gasteiger partial charge in [0.05, 0.1) is 22.0 Å². The van der Waals surface area contributed by atoms with E-state index >= 15 is 0 Å². The molecule has 1 aromatic heterocycles. The fourth-order valence-corrected chi connectivity index (χ4v) is 2.34. The molecule has 0 bridgehead atoms. The van der Waals surface area contributed by atoms with Crippen LogP contribution in [0.15, 0.2) is 18.2 Å². The van der Waals surface area contributed by atoms with Crippen molar-refractivity contribution in [2.24, 2.45) is 7.05 Å². The maximum atomic E-state index is 12.0. The van der Waals surface area contributed by atoms with E-state index in [1.54, 1.807) is 17.8 Å². The zero-order chi connectivity index (χ0) is 15.6. The van der Waals surface area contributed by atoms with Crippen LogP contribution in [0, 0.1) is 0 Å². The lowest BCUT2D eigenvalue weighted by atomic mass is 10.2. The molecule has 21 heavy (non-hydrogen) atoms. The number of esters is 1. The molecule has 2 rings (SSSR count). The van der Waals surface area contributed by atoms with Crippen LogP contribution in [0.5, 0.6) is 0 Å². The van der Waals surface area contributed by atoms with Crippen LogP contribution in [0.2, 0.25) is 5.02 Å². The monoisotopic (exact) mass is 308 g/mol. The predicted molar refractivity (Wildman–Crippen MR) is 82.0 cm³/mol. The number of carbonyl (C=O) groups is 1. The number of benzene rings is 1. The minimum absolute atomic E-state index is 0.0376. The van der Waals surface area contributed by atoms with Crippen molar-refractivity contribution in [2.45, 2.75) is 20.0 Å². The Morgan fingerprint density at radius 3 is 2.48 bits per heavy atom. The molecule has 0 aliphatic carbocycles. The number of anilines is 2. The molecule has 0 fully saturated rings. The summed E-state index contributed by atoms with van der Waals surface area (Å²) in [4.78, 5) is 12.0. The van der Waals surface area contributed by atoms with E-state index in [9.17, 15) is 4.79 Å². The van der Waals surface area contributed by atoms with Crippen molar-refractivity contribution in [3.8, 4) is 0 Å². The summed E-state index contributed by atoms with van der Waals surface area (Å²) in [5.74, 6) is -0.510. The molecular formula is C14H17ClN4O2. The number of aromatic nitrogens is 2. The van der Waals surface area contributed by atoms with Crippen molar-refractivity contribution < 1.29 is 9.53 Å². The minimum atomic E-state index is -0.510. The molecule has 0 radical (unpaired) electrons. The minimum Gasteiger partial charge on any atom is -0.456 e. The molecule has 112 valence electrons. The third-order valence-electron chi connectivity index (χ3n) is 3.06. The summed E-state index contributed by atoms with van der Waals surface area (Å²) in [5.41, 5.74) is 13.9.